The van der Waals surface area contributed by atoms with E-state index in [0.29, 0.717) is 12.1 Å². The van der Waals surface area contributed by atoms with Crippen molar-refractivity contribution in [3.8, 4) is 0 Å². The predicted molar refractivity (Wildman–Crippen MR) is 81.4 cm³/mol. The van der Waals surface area contributed by atoms with E-state index < -0.39 is 11.9 Å². The Bertz CT molecular complexity index is 675. The van der Waals surface area contributed by atoms with E-state index in [2.05, 4.69) is 4.98 Å². The first kappa shape index (κ1) is 15.1. The van der Waals surface area contributed by atoms with Gasteiger partial charge in [-0.15, -0.1) is 0 Å². The summed E-state index contributed by atoms with van der Waals surface area (Å²) in [6.45, 7) is 6.03. The van der Waals surface area contributed by atoms with Crippen LogP contribution in [0, 0.1) is 12.8 Å². The summed E-state index contributed by atoms with van der Waals surface area (Å²) in [5, 5.41) is 9.90. The number of para-hydroxylation sites is 1. The zero-order valence-corrected chi connectivity index (χ0v) is 12.5. The molecular weight excluding hydrogens is 268 g/mol. The normalized spacial score (nSPS) is 12.3. The second-order valence-electron chi connectivity index (χ2n) is 5.25. The maximum absolute atomic E-state index is 12.7. The summed E-state index contributed by atoms with van der Waals surface area (Å²) < 4.78 is 0. The first-order chi connectivity index (χ1) is 9.95. The van der Waals surface area contributed by atoms with E-state index in [9.17, 15) is 9.59 Å². The Morgan fingerprint density at radius 2 is 2.00 bits per heavy atom. The average molecular weight is 288 g/mol. The Morgan fingerprint density at radius 3 is 2.62 bits per heavy atom. The molecule has 0 saturated carbocycles. The number of carboxylic acids is 1. The molecule has 1 amide bonds. The maximum atomic E-state index is 12.7. The minimum atomic E-state index is -0.892. The molecule has 1 aromatic heterocycles. The molecule has 1 atom stereocenters. The molecule has 0 fully saturated rings. The van der Waals surface area contributed by atoms with E-state index in [0.717, 1.165) is 16.6 Å². The van der Waals surface area contributed by atoms with Gasteiger partial charge in [0.1, 0.15) is 0 Å². The summed E-state index contributed by atoms with van der Waals surface area (Å²) in [7, 11) is 0. The third kappa shape index (κ3) is 2.91. The average Bonchev–Trinajstić information content (AvgIpc) is 2.79. The van der Waals surface area contributed by atoms with Crippen molar-refractivity contribution in [3.63, 3.8) is 0 Å². The van der Waals surface area contributed by atoms with Gasteiger partial charge in [-0.2, -0.15) is 0 Å². The summed E-state index contributed by atoms with van der Waals surface area (Å²) in [6.07, 6.45) is 0. The lowest BCUT2D eigenvalue weighted by atomic mass is 10.1. The molecule has 0 bridgehead atoms. The van der Waals surface area contributed by atoms with Gasteiger partial charge < -0.3 is 15.0 Å². The van der Waals surface area contributed by atoms with Crippen LogP contribution < -0.4 is 0 Å². The van der Waals surface area contributed by atoms with Crippen molar-refractivity contribution >= 4 is 22.8 Å². The SMILES string of the molecule is CCN(CC(C)C(=O)O)C(=O)c1c(C)[nH]c2ccccc12. The summed E-state index contributed by atoms with van der Waals surface area (Å²) in [5.74, 6) is -1.60. The number of aromatic amines is 1. The third-order valence-corrected chi connectivity index (χ3v) is 3.69. The first-order valence-electron chi connectivity index (χ1n) is 7.05. The molecule has 2 aromatic rings. The van der Waals surface area contributed by atoms with Gasteiger partial charge in [-0.3, -0.25) is 9.59 Å². The number of carboxylic acid groups (broad SMARTS) is 1. The van der Waals surface area contributed by atoms with Gasteiger partial charge in [0.15, 0.2) is 0 Å². The highest BCUT2D eigenvalue weighted by atomic mass is 16.4. The van der Waals surface area contributed by atoms with Crippen LogP contribution in [0.25, 0.3) is 10.9 Å². The first-order valence-corrected chi connectivity index (χ1v) is 7.05. The molecule has 0 saturated heterocycles. The lowest BCUT2D eigenvalue weighted by Crippen LogP contribution is -2.37. The van der Waals surface area contributed by atoms with Crippen LogP contribution in [0.1, 0.15) is 29.9 Å². The molecule has 5 heteroatoms. The van der Waals surface area contributed by atoms with Gasteiger partial charge in [0.2, 0.25) is 0 Å². The number of H-pyrrole nitrogens is 1. The maximum Gasteiger partial charge on any atom is 0.308 e. The summed E-state index contributed by atoms with van der Waals surface area (Å²) in [5.41, 5.74) is 2.35. The lowest BCUT2D eigenvalue weighted by Gasteiger charge is -2.23. The minimum absolute atomic E-state index is 0.124. The quantitative estimate of drug-likeness (QED) is 0.888. The number of rotatable bonds is 5. The molecule has 0 aliphatic rings. The van der Waals surface area contributed by atoms with Gasteiger partial charge in [0.05, 0.1) is 11.5 Å². The zero-order valence-electron chi connectivity index (χ0n) is 12.5. The Morgan fingerprint density at radius 1 is 1.33 bits per heavy atom. The highest BCUT2D eigenvalue weighted by Gasteiger charge is 2.24. The Hall–Kier alpha value is -2.30. The third-order valence-electron chi connectivity index (χ3n) is 3.69. The second kappa shape index (κ2) is 5.99. The fraction of sp³-hybridized carbons (Fsp3) is 0.375. The van der Waals surface area contributed by atoms with Crippen LogP contribution in [-0.2, 0) is 4.79 Å². The number of fused-ring (bicyclic) bond motifs is 1. The van der Waals surface area contributed by atoms with Crippen LogP contribution in [0.5, 0.6) is 0 Å². The Balaban J connectivity index is 2.36. The number of hydrogen-bond donors (Lipinski definition) is 2. The molecule has 5 nitrogen and oxygen atoms in total. The number of carbonyl (C=O) groups is 2. The predicted octanol–water partition coefficient (Wildman–Crippen LogP) is 2.66. The van der Waals surface area contributed by atoms with Crippen LogP contribution in [0.4, 0.5) is 0 Å². The second-order valence-corrected chi connectivity index (χ2v) is 5.25. The van der Waals surface area contributed by atoms with Crippen LogP contribution in [0.2, 0.25) is 0 Å². The summed E-state index contributed by atoms with van der Waals surface area (Å²) >= 11 is 0. The highest BCUT2D eigenvalue weighted by molar-refractivity contribution is 6.08. The molecule has 0 aliphatic carbocycles. The fourth-order valence-electron chi connectivity index (χ4n) is 2.47. The van der Waals surface area contributed by atoms with E-state index in [4.69, 9.17) is 5.11 Å². The van der Waals surface area contributed by atoms with Gasteiger partial charge in [0.25, 0.3) is 5.91 Å². The largest absolute Gasteiger partial charge is 0.481 e. The topological polar surface area (TPSA) is 73.4 Å². The lowest BCUT2D eigenvalue weighted by molar-refractivity contribution is -0.141. The fourth-order valence-corrected chi connectivity index (χ4v) is 2.47. The molecule has 2 rings (SSSR count). The molecular formula is C16H20N2O3. The molecule has 1 heterocycles. The smallest absolute Gasteiger partial charge is 0.308 e. The standard InChI is InChI=1S/C16H20N2O3/c1-4-18(9-10(2)16(20)21)15(19)14-11(3)17-13-8-6-5-7-12(13)14/h5-8,10,17H,4,9H2,1-3H3,(H,20,21). The number of aromatic nitrogens is 1. The van der Waals surface area contributed by atoms with Crippen molar-refractivity contribution < 1.29 is 14.7 Å². The number of aliphatic carboxylic acids is 1. The Labute approximate surface area is 123 Å². The van der Waals surface area contributed by atoms with Gasteiger partial charge >= 0.3 is 5.97 Å². The van der Waals surface area contributed by atoms with Crippen LogP contribution in [0.3, 0.4) is 0 Å². The molecule has 21 heavy (non-hydrogen) atoms. The number of aryl methyl sites for hydroxylation is 1. The van der Waals surface area contributed by atoms with Gasteiger partial charge in [0, 0.05) is 29.7 Å². The van der Waals surface area contributed by atoms with E-state index in [-0.39, 0.29) is 12.5 Å². The van der Waals surface area contributed by atoms with Gasteiger partial charge in [-0.1, -0.05) is 25.1 Å². The molecule has 2 N–H and O–H groups in total. The molecule has 1 unspecified atom stereocenters. The number of amides is 1. The van der Waals surface area contributed by atoms with Crippen LogP contribution >= 0.6 is 0 Å². The van der Waals surface area contributed by atoms with Gasteiger partial charge in [-0.05, 0) is 19.9 Å². The zero-order chi connectivity index (χ0) is 15.6. The van der Waals surface area contributed by atoms with Crippen molar-refractivity contribution in [2.75, 3.05) is 13.1 Å². The van der Waals surface area contributed by atoms with Crippen molar-refractivity contribution in [1.29, 1.82) is 0 Å². The van der Waals surface area contributed by atoms with E-state index in [1.807, 2.05) is 38.1 Å². The van der Waals surface area contributed by atoms with Crippen molar-refractivity contribution in [1.82, 2.24) is 9.88 Å². The van der Waals surface area contributed by atoms with Crippen molar-refractivity contribution in [2.24, 2.45) is 5.92 Å². The van der Waals surface area contributed by atoms with E-state index in [1.165, 1.54) is 0 Å². The Kier molecular flexibility index (Phi) is 4.31. The molecule has 112 valence electrons. The number of nitrogens with one attached hydrogen (secondary N) is 1. The van der Waals surface area contributed by atoms with Crippen molar-refractivity contribution in [3.05, 3.63) is 35.5 Å². The molecule has 0 aliphatic heterocycles. The monoisotopic (exact) mass is 288 g/mol. The van der Waals surface area contributed by atoms with E-state index in [1.54, 1.807) is 11.8 Å². The minimum Gasteiger partial charge on any atom is -0.481 e. The van der Waals surface area contributed by atoms with Gasteiger partial charge in [-0.25, -0.2) is 0 Å². The van der Waals surface area contributed by atoms with Crippen LogP contribution in [-0.4, -0.2) is 40.0 Å². The van der Waals surface area contributed by atoms with Crippen LogP contribution in [0.15, 0.2) is 24.3 Å². The van der Waals surface area contributed by atoms with Crippen molar-refractivity contribution in [2.45, 2.75) is 20.8 Å². The number of carbonyl (C=O) groups excluding carboxylic acids is 1. The number of nitrogens with zero attached hydrogens (tertiary/aromatic N) is 1. The molecule has 1 aromatic carbocycles. The molecule has 0 radical (unpaired) electrons. The van der Waals surface area contributed by atoms with E-state index >= 15 is 0 Å². The molecule has 0 spiro atoms. The number of benzene rings is 1. The summed E-state index contributed by atoms with van der Waals surface area (Å²) in [6, 6.07) is 7.63. The highest BCUT2D eigenvalue weighted by Crippen LogP contribution is 2.23. The number of hydrogen-bond acceptors (Lipinski definition) is 2. The summed E-state index contributed by atoms with van der Waals surface area (Å²) in [4.78, 5) is 28.5.